The van der Waals surface area contributed by atoms with Gasteiger partial charge in [-0.25, -0.2) is 0 Å². The maximum absolute atomic E-state index is 14.2. The summed E-state index contributed by atoms with van der Waals surface area (Å²) < 4.78 is 2.01. The van der Waals surface area contributed by atoms with Crippen LogP contribution in [0.4, 0.5) is 0 Å². The lowest BCUT2D eigenvalue weighted by molar-refractivity contribution is 0.0689. The number of aryl methyl sites for hydroxylation is 1. The molecule has 0 aliphatic carbocycles. The standard InChI is InChI=1S/C27H24N4O2/c1-16-24(20-15-17(32)10-11-23(20)30(16)2)27(33)31-14-12-19-18-7-3-4-8-21(18)29-25(19)26(31)22-9-5-6-13-28-22/h3-11,13,15,26,29,32H,12,14H2,1-2H3. The van der Waals surface area contributed by atoms with Gasteiger partial charge < -0.3 is 19.6 Å². The quantitative estimate of drug-likeness (QED) is 0.415. The number of hydrogen-bond donors (Lipinski definition) is 2. The third-order valence-electron chi connectivity index (χ3n) is 6.95. The number of benzene rings is 2. The third kappa shape index (κ3) is 2.87. The summed E-state index contributed by atoms with van der Waals surface area (Å²) >= 11 is 0. The highest BCUT2D eigenvalue weighted by atomic mass is 16.3. The van der Waals surface area contributed by atoms with Gasteiger partial charge in [0.1, 0.15) is 11.8 Å². The number of aromatic amines is 1. The normalized spacial score (nSPS) is 15.8. The molecule has 6 rings (SSSR count). The molecule has 6 heteroatoms. The van der Waals surface area contributed by atoms with Crippen LogP contribution < -0.4 is 0 Å². The van der Waals surface area contributed by atoms with Crippen molar-refractivity contribution in [2.24, 2.45) is 7.05 Å². The summed E-state index contributed by atoms with van der Waals surface area (Å²) in [6.07, 6.45) is 2.54. The van der Waals surface area contributed by atoms with Crippen molar-refractivity contribution in [1.82, 2.24) is 19.4 Å². The van der Waals surface area contributed by atoms with Crippen LogP contribution in [0.2, 0.25) is 0 Å². The van der Waals surface area contributed by atoms with E-state index in [-0.39, 0.29) is 17.7 Å². The molecule has 33 heavy (non-hydrogen) atoms. The van der Waals surface area contributed by atoms with E-state index in [0.29, 0.717) is 12.1 Å². The molecule has 1 atom stereocenters. The van der Waals surface area contributed by atoms with Crippen LogP contribution in [-0.4, -0.2) is 37.0 Å². The number of hydrogen-bond acceptors (Lipinski definition) is 3. The van der Waals surface area contributed by atoms with E-state index in [2.05, 4.69) is 28.2 Å². The number of fused-ring (bicyclic) bond motifs is 4. The second-order valence-corrected chi connectivity index (χ2v) is 8.69. The molecule has 164 valence electrons. The highest BCUT2D eigenvalue weighted by Gasteiger charge is 2.37. The molecule has 0 saturated carbocycles. The molecule has 1 aliphatic heterocycles. The Hall–Kier alpha value is -4.06. The van der Waals surface area contributed by atoms with Crippen molar-refractivity contribution in [1.29, 1.82) is 0 Å². The maximum Gasteiger partial charge on any atom is 0.257 e. The minimum Gasteiger partial charge on any atom is -0.508 e. The molecule has 1 unspecified atom stereocenters. The molecule has 4 heterocycles. The van der Waals surface area contributed by atoms with Crippen LogP contribution in [0.25, 0.3) is 21.8 Å². The second kappa shape index (κ2) is 7.24. The Morgan fingerprint density at radius 1 is 1.09 bits per heavy atom. The molecular weight excluding hydrogens is 412 g/mol. The zero-order valence-corrected chi connectivity index (χ0v) is 18.5. The fourth-order valence-electron chi connectivity index (χ4n) is 5.28. The topological polar surface area (TPSA) is 74.2 Å². The summed E-state index contributed by atoms with van der Waals surface area (Å²) in [5.41, 5.74) is 6.61. The van der Waals surface area contributed by atoms with Crippen LogP contribution in [0.15, 0.2) is 66.9 Å². The molecule has 3 aromatic heterocycles. The van der Waals surface area contributed by atoms with Crippen molar-refractivity contribution in [3.63, 3.8) is 0 Å². The fourth-order valence-corrected chi connectivity index (χ4v) is 5.28. The molecule has 0 radical (unpaired) electrons. The molecule has 1 amide bonds. The molecule has 2 aromatic carbocycles. The summed E-state index contributed by atoms with van der Waals surface area (Å²) in [7, 11) is 1.95. The van der Waals surface area contributed by atoms with Crippen LogP contribution in [0, 0.1) is 6.92 Å². The largest absolute Gasteiger partial charge is 0.508 e. The van der Waals surface area contributed by atoms with Gasteiger partial charge in [0.05, 0.1) is 11.3 Å². The Kier molecular flexibility index (Phi) is 4.30. The van der Waals surface area contributed by atoms with E-state index in [4.69, 9.17) is 0 Å². The summed E-state index contributed by atoms with van der Waals surface area (Å²) in [4.78, 5) is 24.3. The molecule has 0 spiro atoms. The fraction of sp³-hybridized carbons (Fsp3) is 0.185. The third-order valence-corrected chi connectivity index (χ3v) is 6.95. The van der Waals surface area contributed by atoms with E-state index in [1.54, 1.807) is 18.3 Å². The van der Waals surface area contributed by atoms with Gasteiger partial charge in [0.25, 0.3) is 5.91 Å². The van der Waals surface area contributed by atoms with Gasteiger partial charge in [-0.1, -0.05) is 24.3 Å². The van der Waals surface area contributed by atoms with E-state index in [1.165, 1.54) is 10.9 Å². The van der Waals surface area contributed by atoms with E-state index < -0.39 is 0 Å². The monoisotopic (exact) mass is 436 g/mol. The number of para-hydroxylation sites is 1. The first-order valence-corrected chi connectivity index (χ1v) is 11.1. The lowest BCUT2D eigenvalue weighted by atomic mass is 9.94. The number of phenolic OH excluding ortho intramolecular Hbond substituents is 1. The number of aromatic nitrogens is 3. The molecule has 2 N–H and O–H groups in total. The molecule has 0 bridgehead atoms. The van der Waals surface area contributed by atoms with E-state index >= 15 is 0 Å². The summed E-state index contributed by atoms with van der Waals surface area (Å²) in [6.45, 7) is 2.54. The van der Waals surface area contributed by atoms with Gasteiger partial charge in [0.2, 0.25) is 0 Å². The van der Waals surface area contributed by atoms with E-state index in [9.17, 15) is 9.90 Å². The van der Waals surface area contributed by atoms with Gasteiger partial charge in [0.15, 0.2) is 0 Å². The first-order chi connectivity index (χ1) is 16.0. The number of carbonyl (C=O) groups excluding carboxylic acids is 1. The molecule has 5 aromatic rings. The van der Waals surface area contributed by atoms with Crippen molar-refractivity contribution in [2.75, 3.05) is 6.54 Å². The van der Waals surface area contributed by atoms with Crippen LogP contribution in [0.1, 0.15) is 39.0 Å². The van der Waals surface area contributed by atoms with Crippen molar-refractivity contribution in [3.05, 3.63) is 95.1 Å². The Balaban J connectivity index is 1.55. The minimum absolute atomic E-state index is 0.0522. The molecule has 6 nitrogen and oxygen atoms in total. The van der Waals surface area contributed by atoms with Gasteiger partial charge in [-0.3, -0.25) is 9.78 Å². The summed E-state index contributed by atoms with van der Waals surface area (Å²) in [6, 6.07) is 19.0. The zero-order valence-electron chi connectivity index (χ0n) is 18.5. The number of phenols is 1. The van der Waals surface area contributed by atoms with Gasteiger partial charge in [0, 0.05) is 53.0 Å². The van der Waals surface area contributed by atoms with Gasteiger partial charge in [-0.2, -0.15) is 0 Å². The summed E-state index contributed by atoms with van der Waals surface area (Å²) in [5.74, 6) is 0.101. The highest BCUT2D eigenvalue weighted by Crippen LogP contribution is 2.39. The number of nitrogens with one attached hydrogen (secondary N) is 1. The lowest BCUT2D eigenvalue weighted by Crippen LogP contribution is -2.41. The first-order valence-electron chi connectivity index (χ1n) is 11.1. The number of pyridine rings is 1. The number of amides is 1. The minimum atomic E-state index is -0.318. The Morgan fingerprint density at radius 2 is 1.91 bits per heavy atom. The number of H-pyrrole nitrogens is 1. The van der Waals surface area contributed by atoms with E-state index in [0.717, 1.165) is 39.9 Å². The van der Waals surface area contributed by atoms with Crippen LogP contribution in [-0.2, 0) is 13.5 Å². The number of nitrogens with zero attached hydrogens (tertiary/aromatic N) is 3. The van der Waals surface area contributed by atoms with Crippen molar-refractivity contribution >= 4 is 27.7 Å². The van der Waals surface area contributed by atoms with Crippen LogP contribution >= 0.6 is 0 Å². The first kappa shape index (κ1) is 19.6. The van der Waals surface area contributed by atoms with Crippen molar-refractivity contribution in [2.45, 2.75) is 19.4 Å². The Labute approximate surface area is 191 Å². The van der Waals surface area contributed by atoms with Gasteiger partial charge in [-0.05, 0) is 55.3 Å². The number of aromatic hydroxyl groups is 1. The maximum atomic E-state index is 14.2. The predicted molar refractivity (Wildman–Crippen MR) is 128 cm³/mol. The Bertz CT molecular complexity index is 1530. The highest BCUT2D eigenvalue weighted by molar-refractivity contribution is 6.09. The van der Waals surface area contributed by atoms with Crippen molar-refractivity contribution in [3.8, 4) is 5.75 Å². The summed E-state index contributed by atoms with van der Waals surface area (Å²) in [5, 5.41) is 12.1. The molecule has 1 aliphatic rings. The molecule has 0 fully saturated rings. The SMILES string of the molecule is Cc1c(C(=O)N2CCc3c([nH]c4ccccc34)C2c2ccccn2)c2cc(O)ccc2n1C. The van der Waals surface area contributed by atoms with Crippen LogP contribution in [0.5, 0.6) is 5.75 Å². The number of rotatable bonds is 2. The molecular formula is C27H24N4O2. The predicted octanol–water partition coefficient (Wildman–Crippen LogP) is 4.86. The number of carbonyl (C=O) groups is 1. The van der Waals surface area contributed by atoms with Gasteiger partial charge >= 0.3 is 0 Å². The lowest BCUT2D eigenvalue weighted by Gasteiger charge is -2.35. The van der Waals surface area contributed by atoms with Gasteiger partial charge in [-0.15, -0.1) is 0 Å². The van der Waals surface area contributed by atoms with Crippen LogP contribution in [0.3, 0.4) is 0 Å². The second-order valence-electron chi connectivity index (χ2n) is 8.69. The average Bonchev–Trinajstić information content (AvgIpc) is 3.33. The Morgan fingerprint density at radius 3 is 2.73 bits per heavy atom. The molecule has 0 saturated heterocycles. The average molecular weight is 437 g/mol. The smallest absolute Gasteiger partial charge is 0.257 e. The van der Waals surface area contributed by atoms with E-state index in [1.807, 2.05) is 53.8 Å². The zero-order chi connectivity index (χ0) is 22.7. The van der Waals surface area contributed by atoms with Crippen molar-refractivity contribution < 1.29 is 9.90 Å².